The van der Waals surface area contributed by atoms with Gasteiger partial charge in [-0.05, 0) is 36.4 Å². The van der Waals surface area contributed by atoms with Crippen LogP contribution in [0, 0.1) is 0 Å². The van der Waals surface area contributed by atoms with Crippen molar-refractivity contribution in [1.82, 2.24) is 19.7 Å². The van der Waals surface area contributed by atoms with E-state index in [0.29, 0.717) is 12.1 Å². The van der Waals surface area contributed by atoms with Crippen molar-refractivity contribution in [3.8, 4) is 0 Å². The molecule has 0 aliphatic heterocycles. The molecule has 0 atom stereocenters. The van der Waals surface area contributed by atoms with E-state index >= 15 is 0 Å². The molecule has 0 aliphatic carbocycles. The molecule has 0 radical (unpaired) electrons. The van der Waals surface area contributed by atoms with Gasteiger partial charge in [-0.3, -0.25) is 4.90 Å². The number of hydrogen-bond acceptors (Lipinski definition) is 6. The standard InChI is InChI=1S/C21H23ClN4O2S/c1-25(12-15-8-10-16(11-9-15)20(27)28-3)13-19-23-24-21(26(19)2)29-14-17-6-4-5-7-18(17)22/h4-11H,12-14H2,1-3H3. The molecule has 0 saturated carbocycles. The summed E-state index contributed by atoms with van der Waals surface area (Å²) in [6.07, 6.45) is 0. The molecule has 0 unspecified atom stereocenters. The van der Waals surface area contributed by atoms with Crippen molar-refractivity contribution < 1.29 is 9.53 Å². The number of aromatic nitrogens is 3. The van der Waals surface area contributed by atoms with Crippen molar-refractivity contribution in [3.05, 3.63) is 76.1 Å². The average Bonchev–Trinajstić information content (AvgIpc) is 3.06. The zero-order valence-corrected chi connectivity index (χ0v) is 18.2. The molecule has 1 aromatic heterocycles. The quantitative estimate of drug-likeness (QED) is 0.394. The summed E-state index contributed by atoms with van der Waals surface area (Å²) >= 11 is 7.84. The normalized spacial score (nSPS) is 11.1. The second-order valence-corrected chi connectivity index (χ2v) is 8.05. The molecule has 8 heteroatoms. The number of esters is 1. The summed E-state index contributed by atoms with van der Waals surface area (Å²) in [5.41, 5.74) is 2.74. The highest BCUT2D eigenvalue weighted by Crippen LogP contribution is 2.25. The fourth-order valence-corrected chi connectivity index (χ4v) is 4.05. The third kappa shape index (κ3) is 5.59. The topological polar surface area (TPSA) is 60.2 Å². The summed E-state index contributed by atoms with van der Waals surface area (Å²) in [6.45, 7) is 1.39. The van der Waals surface area contributed by atoms with Gasteiger partial charge in [-0.2, -0.15) is 0 Å². The lowest BCUT2D eigenvalue weighted by atomic mass is 10.1. The molecule has 3 rings (SSSR count). The molecule has 2 aromatic carbocycles. The van der Waals surface area contributed by atoms with Crippen LogP contribution in [-0.2, 0) is 30.6 Å². The Morgan fingerprint density at radius 1 is 1.14 bits per heavy atom. The summed E-state index contributed by atoms with van der Waals surface area (Å²) in [5.74, 6) is 1.31. The number of ether oxygens (including phenoxy) is 1. The molecule has 0 aliphatic rings. The van der Waals surface area contributed by atoms with Crippen LogP contribution in [0.25, 0.3) is 0 Å². The lowest BCUT2D eigenvalue weighted by Gasteiger charge is -2.16. The molecule has 0 bridgehead atoms. The van der Waals surface area contributed by atoms with Crippen LogP contribution >= 0.6 is 23.4 Å². The van der Waals surface area contributed by atoms with E-state index in [-0.39, 0.29) is 5.97 Å². The first kappa shape index (κ1) is 21.4. The van der Waals surface area contributed by atoms with E-state index in [0.717, 1.165) is 39.4 Å². The number of halogens is 1. The maximum absolute atomic E-state index is 11.5. The van der Waals surface area contributed by atoms with Gasteiger partial charge in [0.1, 0.15) is 5.82 Å². The van der Waals surface area contributed by atoms with Crippen molar-refractivity contribution in [2.45, 2.75) is 24.0 Å². The van der Waals surface area contributed by atoms with Gasteiger partial charge >= 0.3 is 5.97 Å². The van der Waals surface area contributed by atoms with Crippen LogP contribution in [0.2, 0.25) is 5.02 Å². The van der Waals surface area contributed by atoms with Crippen LogP contribution in [0.4, 0.5) is 0 Å². The number of nitrogens with zero attached hydrogens (tertiary/aromatic N) is 4. The molecular weight excluding hydrogens is 408 g/mol. The van der Waals surface area contributed by atoms with Crippen molar-refractivity contribution >= 4 is 29.3 Å². The lowest BCUT2D eigenvalue weighted by Crippen LogP contribution is -2.19. The summed E-state index contributed by atoms with van der Waals surface area (Å²) in [6, 6.07) is 15.3. The first-order valence-electron chi connectivity index (χ1n) is 9.08. The molecule has 3 aromatic rings. The van der Waals surface area contributed by atoms with Crippen molar-refractivity contribution in [2.24, 2.45) is 7.05 Å². The molecular formula is C21H23ClN4O2S. The number of rotatable bonds is 8. The molecule has 0 spiro atoms. The minimum atomic E-state index is -0.328. The minimum absolute atomic E-state index is 0.328. The maximum atomic E-state index is 11.5. The lowest BCUT2D eigenvalue weighted by molar-refractivity contribution is 0.0600. The van der Waals surface area contributed by atoms with E-state index in [4.69, 9.17) is 16.3 Å². The molecule has 1 heterocycles. The number of thioether (sulfide) groups is 1. The number of carbonyl (C=O) groups excluding carboxylic acids is 1. The molecule has 0 amide bonds. The van der Waals surface area contributed by atoms with Gasteiger partial charge in [0.2, 0.25) is 0 Å². The third-order valence-electron chi connectivity index (χ3n) is 4.48. The smallest absolute Gasteiger partial charge is 0.337 e. The van der Waals surface area contributed by atoms with Gasteiger partial charge in [-0.15, -0.1) is 10.2 Å². The fourth-order valence-electron chi connectivity index (χ4n) is 2.84. The Hall–Kier alpha value is -2.35. The SMILES string of the molecule is COC(=O)c1ccc(CN(C)Cc2nnc(SCc3ccccc3Cl)n2C)cc1. The van der Waals surface area contributed by atoms with Crippen molar-refractivity contribution in [2.75, 3.05) is 14.2 Å². The summed E-state index contributed by atoms with van der Waals surface area (Å²) in [7, 11) is 5.38. The highest BCUT2D eigenvalue weighted by molar-refractivity contribution is 7.98. The van der Waals surface area contributed by atoms with Crippen LogP contribution < -0.4 is 0 Å². The van der Waals surface area contributed by atoms with Crippen molar-refractivity contribution in [3.63, 3.8) is 0 Å². The van der Waals surface area contributed by atoms with Gasteiger partial charge in [-0.1, -0.05) is 53.7 Å². The monoisotopic (exact) mass is 430 g/mol. The highest BCUT2D eigenvalue weighted by atomic mass is 35.5. The van der Waals surface area contributed by atoms with Gasteiger partial charge < -0.3 is 9.30 Å². The Morgan fingerprint density at radius 2 is 1.86 bits per heavy atom. The largest absolute Gasteiger partial charge is 0.465 e. The van der Waals surface area contributed by atoms with Crippen LogP contribution in [-0.4, -0.2) is 39.8 Å². The number of carbonyl (C=O) groups is 1. The molecule has 29 heavy (non-hydrogen) atoms. The van der Waals surface area contributed by atoms with E-state index in [2.05, 4.69) is 15.1 Å². The van der Waals surface area contributed by atoms with Gasteiger partial charge in [0.25, 0.3) is 0 Å². The van der Waals surface area contributed by atoms with E-state index in [1.54, 1.807) is 23.9 Å². The fraction of sp³-hybridized carbons (Fsp3) is 0.286. The Bertz CT molecular complexity index is 975. The second-order valence-electron chi connectivity index (χ2n) is 6.70. The van der Waals surface area contributed by atoms with Gasteiger partial charge in [-0.25, -0.2) is 4.79 Å². The van der Waals surface area contributed by atoms with E-state index in [1.807, 2.05) is 55.1 Å². The number of benzene rings is 2. The third-order valence-corrected chi connectivity index (χ3v) is 5.92. The summed E-state index contributed by atoms with van der Waals surface area (Å²) in [5, 5.41) is 10.3. The van der Waals surface area contributed by atoms with Crippen LogP contribution in [0.3, 0.4) is 0 Å². The van der Waals surface area contributed by atoms with Crippen LogP contribution in [0.5, 0.6) is 0 Å². The summed E-state index contributed by atoms with van der Waals surface area (Å²) in [4.78, 5) is 13.7. The van der Waals surface area contributed by atoms with Gasteiger partial charge in [0.05, 0.1) is 19.2 Å². The maximum Gasteiger partial charge on any atom is 0.337 e. The average molecular weight is 431 g/mol. The Balaban J connectivity index is 1.57. The summed E-state index contributed by atoms with van der Waals surface area (Å²) < 4.78 is 6.74. The van der Waals surface area contributed by atoms with Crippen molar-refractivity contribution in [1.29, 1.82) is 0 Å². The zero-order valence-electron chi connectivity index (χ0n) is 16.6. The van der Waals surface area contributed by atoms with Crippen LogP contribution in [0.1, 0.15) is 27.3 Å². The second kappa shape index (κ2) is 9.91. The van der Waals surface area contributed by atoms with Gasteiger partial charge in [0, 0.05) is 24.4 Å². The first-order valence-corrected chi connectivity index (χ1v) is 10.4. The predicted molar refractivity (Wildman–Crippen MR) is 115 cm³/mol. The van der Waals surface area contributed by atoms with Gasteiger partial charge in [0.15, 0.2) is 5.16 Å². The number of methoxy groups -OCH3 is 1. The van der Waals surface area contributed by atoms with Crippen LogP contribution in [0.15, 0.2) is 53.7 Å². The Morgan fingerprint density at radius 3 is 2.55 bits per heavy atom. The first-order chi connectivity index (χ1) is 14.0. The molecule has 6 nitrogen and oxygen atoms in total. The molecule has 0 N–H and O–H groups in total. The Labute approximate surface area is 179 Å². The predicted octanol–water partition coefficient (Wildman–Crippen LogP) is 4.18. The number of hydrogen-bond donors (Lipinski definition) is 0. The van der Waals surface area contributed by atoms with E-state index in [1.165, 1.54) is 7.11 Å². The minimum Gasteiger partial charge on any atom is -0.465 e. The Kier molecular flexibility index (Phi) is 7.30. The van der Waals surface area contributed by atoms with E-state index < -0.39 is 0 Å². The van der Waals surface area contributed by atoms with E-state index in [9.17, 15) is 4.79 Å². The molecule has 0 fully saturated rings. The zero-order chi connectivity index (χ0) is 20.8. The molecule has 152 valence electrons. The highest BCUT2D eigenvalue weighted by Gasteiger charge is 2.13. The molecule has 0 saturated heterocycles.